The van der Waals surface area contributed by atoms with E-state index < -0.39 is 0 Å². The number of ether oxygens (including phenoxy) is 2. The molecule has 2 rings (SSSR count). The van der Waals surface area contributed by atoms with Crippen molar-refractivity contribution >= 4 is 23.2 Å². The van der Waals surface area contributed by atoms with Crippen LogP contribution >= 0.6 is 23.2 Å². The maximum absolute atomic E-state index is 5.97. The van der Waals surface area contributed by atoms with Crippen LogP contribution in [-0.4, -0.2) is 7.11 Å². The molecule has 2 N–H and O–H groups in total. The first-order valence-electron chi connectivity index (χ1n) is 6.07. The molecule has 0 saturated carbocycles. The molecule has 0 heterocycles. The van der Waals surface area contributed by atoms with Crippen LogP contribution in [0.5, 0.6) is 11.5 Å². The van der Waals surface area contributed by atoms with Crippen LogP contribution in [0.2, 0.25) is 10.0 Å². The van der Waals surface area contributed by atoms with Crippen molar-refractivity contribution < 1.29 is 9.47 Å². The molecular formula is C15H15Cl2NO2. The van der Waals surface area contributed by atoms with Crippen molar-refractivity contribution in [3.63, 3.8) is 0 Å². The predicted octanol–water partition coefficient (Wildman–Crippen LogP) is 4.04. The van der Waals surface area contributed by atoms with Crippen molar-refractivity contribution in [3.05, 3.63) is 57.6 Å². The van der Waals surface area contributed by atoms with Crippen molar-refractivity contribution in [3.8, 4) is 11.5 Å². The number of rotatable bonds is 5. The van der Waals surface area contributed by atoms with Crippen molar-refractivity contribution in [1.82, 2.24) is 0 Å². The second-order valence-electron chi connectivity index (χ2n) is 4.21. The largest absolute Gasteiger partial charge is 0.497 e. The molecule has 0 bridgehead atoms. The zero-order valence-electron chi connectivity index (χ0n) is 11.0. The van der Waals surface area contributed by atoms with E-state index in [1.165, 1.54) is 0 Å². The van der Waals surface area contributed by atoms with Gasteiger partial charge in [0.15, 0.2) is 0 Å². The second-order valence-corrected chi connectivity index (χ2v) is 5.03. The molecule has 0 amide bonds. The van der Waals surface area contributed by atoms with Crippen LogP contribution in [0.25, 0.3) is 0 Å². The molecule has 0 aliphatic carbocycles. The van der Waals surface area contributed by atoms with Gasteiger partial charge in [-0.05, 0) is 23.8 Å². The lowest BCUT2D eigenvalue weighted by atomic mass is 10.2. The molecule has 2 aromatic carbocycles. The van der Waals surface area contributed by atoms with E-state index in [1.807, 2.05) is 24.3 Å². The van der Waals surface area contributed by atoms with Gasteiger partial charge in [0.25, 0.3) is 0 Å². The van der Waals surface area contributed by atoms with Gasteiger partial charge in [-0.3, -0.25) is 0 Å². The van der Waals surface area contributed by atoms with E-state index in [4.69, 9.17) is 38.4 Å². The first-order chi connectivity index (χ1) is 9.63. The molecule has 0 aromatic heterocycles. The highest BCUT2D eigenvalue weighted by molar-refractivity contribution is 6.42. The Balaban J connectivity index is 2.15. The lowest BCUT2D eigenvalue weighted by Crippen LogP contribution is -2.03. The number of hydrogen-bond acceptors (Lipinski definition) is 3. The first-order valence-corrected chi connectivity index (χ1v) is 6.83. The molecule has 106 valence electrons. The Bertz CT molecular complexity index is 602. The molecule has 0 aliphatic rings. The Morgan fingerprint density at radius 2 is 1.85 bits per heavy atom. The van der Waals surface area contributed by atoms with E-state index in [2.05, 4.69) is 0 Å². The monoisotopic (exact) mass is 311 g/mol. The van der Waals surface area contributed by atoms with Gasteiger partial charge in [0, 0.05) is 18.2 Å². The molecular weight excluding hydrogens is 297 g/mol. The van der Waals surface area contributed by atoms with Gasteiger partial charge < -0.3 is 15.2 Å². The molecule has 0 fully saturated rings. The van der Waals surface area contributed by atoms with Gasteiger partial charge >= 0.3 is 0 Å². The van der Waals surface area contributed by atoms with E-state index in [-0.39, 0.29) is 0 Å². The van der Waals surface area contributed by atoms with Gasteiger partial charge in [0.2, 0.25) is 0 Å². The molecule has 0 saturated heterocycles. The smallest absolute Gasteiger partial charge is 0.127 e. The Labute approximate surface area is 128 Å². The summed E-state index contributed by atoms with van der Waals surface area (Å²) >= 11 is 11.9. The van der Waals surface area contributed by atoms with Gasteiger partial charge in [-0.2, -0.15) is 0 Å². The molecule has 0 spiro atoms. The predicted molar refractivity (Wildman–Crippen MR) is 81.7 cm³/mol. The zero-order chi connectivity index (χ0) is 14.5. The van der Waals surface area contributed by atoms with Crippen LogP contribution in [0.15, 0.2) is 36.4 Å². The third-order valence-electron chi connectivity index (χ3n) is 2.87. The number of halogens is 2. The SMILES string of the molecule is COc1ccc(CN)c(OCc2ccc(Cl)c(Cl)c2)c1. The van der Waals surface area contributed by atoms with Crippen LogP contribution in [0, 0.1) is 0 Å². The summed E-state index contributed by atoms with van der Waals surface area (Å²) in [5, 5.41) is 1.04. The molecule has 20 heavy (non-hydrogen) atoms. The minimum Gasteiger partial charge on any atom is -0.497 e. The van der Waals surface area contributed by atoms with Gasteiger partial charge in [-0.1, -0.05) is 35.3 Å². The van der Waals surface area contributed by atoms with Crippen LogP contribution < -0.4 is 15.2 Å². The van der Waals surface area contributed by atoms with E-state index in [0.29, 0.717) is 28.9 Å². The summed E-state index contributed by atoms with van der Waals surface area (Å²) in [4.78, 5) is 0. The van der Waals surface area contributed by atoms with Crippen molar-refractivity contribution in [2.75, 3.05) is 7.11 Å². The lowest BCUT2D eigenvalue weighted by molar-refractivity contribution is 0.300. The summed E-state index contributed by atoms with van der Waals surface area (Å²) < 4.78 is 11.0. The van der Waals surface area contributed by atoms with Gasteiger partial charge in [-0.15, -0.1) is 0 Å². The normalized spacial score (nSPS) is 10.4. The molecule has 0 aliphatic heterocycles. The standard InChI is InChI=1S/C15H15Cl2NO2/c1-19-12-4-3-11(8-18)15(7-12)20-9-10-2-5-13(16)14(17)6-10/h2-7H,8-9,18H2,1H3. The number of methoxy groups -OCH3 is 1. The Hall–Kier alpha value is -1.42. The molecule has 0 unspecified atom stereocenters. The lowest BCUT2D eigenvalue weighted by Gasteiger charge is -2.12. The first kappa shape index (κ1) is 15.0. The van der Waals surface area contributed by atoms with Gasteiger partial charge in [-0.25, -0.2) is 0 Å². The average Bonchev–Trinajstić information content (AvgIpc) is 2.48. The van der Waals surface area contributed by atoms with E-state index in [0.717, 1.165) is 16.9 Å². The third-order valence-corrected chi connectivity index (χ3v) is 3.61. The fourth-order valence-corrected chi connectivity index (χ4v) is 2.08. The van der Waals surface area contributed by atoms with Crippen molar-refractivity contribution in [2.45, 2.75) is 13.2 Å². The highest BCUT2D eigenvalue weighted by Crippen LogP contribution is 2.27. The Morgan fingerprint density at radius 3 is 2.50 bits per heavy atom. The number of nitrogens with two attached hydrogens (primary N) is 1. The van der Waals surface area contributed by atoms with Crippen molar-refractivity contribution in [1.29, 1.82) is 0 Å². The van der Waals surface area contributed by atoms with Crippen LogP contribution in [0.1, 0.15) is 11.1 Å². The number of benzene rings is 2. The molecule has 3 nitrogen and oxygen atoms in total. The highest BCUT2D eigenvalue weighted by Gasteiger charge is 2.06. The third kappa shape index (κ3) is 3.57. The van der Waals surface area contributed by atoms with Crippen LogP contribution in [0.3, 0.4) is 0 Å². The topological polar surface area (TPSA) is 44.5 Å². The van der Waals surface area contributed by atoms with Gasteiger partial charge in [0.05, 0.1) is 17.2 Å². The van der Waals surface area contributed by atoms with Gasteiger partial charge in [0.1, 0.15) is 18.1 Å². The van der Waals surface area contributed by atoms with Crippen molar-refractivity contribution in [2.24, 2.45) is 5.73 Å². The maximum Gasteiger partial charge on any atom is 0.127 e. The summed E-state index contributed by atoms with van der Waals surface area (Å²) in [5.41, 5.74) is 7.55. The second kappa shape index (κ2) is 6.84. The molecule has 0 atom stereocenters. The quantitative estimate of drug-likeness (QED) is 0.906. The van der Waals surface area contributed by atoms with E-state index >= 15 is 0 Å². The maximum atomic E-state index is 5.97. The summed E-state index contributed by atoms with van der Waals surface area (Å²) in [6.07, 6.45) is 0. The van der Waals surface area contributed by atoms with E-state index in [1.54, 1.807) is 19.2 Å². The minimum absolute atomic E-state index is 0.386. The summed E-state index contributed by atoms with van der Waals surface area (Å²) in [7, 11) is 1.61. The number of hydrogen-bond donors (Lipinski definition) is 1. The summed E-state index contributed by atoms with van der Waals surface area (Å²) in [6, 6.07) is 11.0. The molecule has 5 heteroatoms. The van der Waals surface area contributed by atoms with E-state index in [9.17, 15) is 0 Å². The fourth-order valence-electron chi connectivity index (χ4n) is 1.76. The summed E-state index contributed by atoms with van der Waals surface area (Å²) in [5.74, 6) is 1.43. The Kier molecular flexibility index (Phi) is 5.12. The minimum atomic E-state index is 0.386. The molecule has 0 radical (unpaired) electrons. The Morgan fingerprint density at radius 1 is 1.05 bits per heavy atom. The molecule has 2 aromatic rings. The summed E-state index contributed by atoms with van der Waals surface area (Å²) in [6.45, 7) is 0.789. The average molecular weight is 312 g/mol. The zero-order valence-corrected chi connectivity index (χ0v) is 12.5. The fraction of sp³-hybridized carbons (Fsp3) is 0.200. The highest BCUT2D eigenvalue weighted by atomic mass is 35.5. The van der Waals surface area contributed by atoms with Crippen LogP contribution in [0.4, 0.5) is 0 Å². The van der Waals surface area contributed by atoms with Crippen LogP contribution in [-0.2, 0) is 13.2 Å².